The second kappa shape index (κ2) is 7.44. The molecule has 0 unspecified atom stereocenters. The molecule has 0 saturated carbocycles. The van der Waals surface area contributed by atoms with Crippen molar-refractivity contribution in [2.75, 3.05) is 11.9 Å². The fourth-order valence-electron chi connectivity index (χ4n) is 2.37. The van der Waals surface area contributed by atoms with E-state index < -0.39 is 5.60 Å². The maximum absolute atomic E-state index is 11.9. The summed E-state index contributed by atoms with van der Waals surface area (Å²) in [6, 6.07) is 5.17. The lowest BCUT2D eigenvalue weighted by atomic mass is 9.98. The quantitative estimate of drug-likeness (QED) is 0.758. The zero-order valence-electron chi connectivity index (χ0n) is 14.6. The van der Waals surface area contributed by atoms with Gasteiger partial charge in [-0.05, 0) is 44.9 Å². The van der Waals surface area contributed by atoms with Gasteiger partial charge in [-0.3, -0.25) is 0 Å². The molecule has 0 atom stereocenters. The van der Waals surface area contributed by atoms with Crippen LogP contribution in [-0.4, -0.2) is 38.0 Å². The summed E-state index contributed by atoms with van der Waals surface area (Å²) in [7, 11) is 0. The van der Waals surface area contributed by atoms with Gasteiger partial charge in [0, 0.05) is 12.2 Å². The van der Waals surface area contributed by atoms with Gasteiger partial charge in [-0.2, -0.15) is 5.10 Å². The number of nitrogens with zero attached hydrogens (tertiary/aromatic N) is 3. The Hall–Kier alpha value is -2.41. The molecule has 0 saturated heterocycles. The molecule has 0 aliphatic rings. The van der Waals surface area contributed by atoms with Crippen molar-refractivity contribution in [3.63, 3.8) is 0 Å². The normalized spacial score (nSPS) is 11.4. The molecule has 0 spiro atoms. The van der Waals surface area contributed by atoms with E-state index in [2.05, 4.69) is 20.7 Å². The maximum Gasteiger partial charge on any atom is 0.319 e. The van der Waals surface area contributed by atoms with Crippen LogP contribution in [0.25, 0.3) is 5.82 Å². The third kappa shape index (κ3) is 4.32. The molecule has 130 valence electrons. The van der Waals surface area contributed by atoms with Gasteiger partial charge in [0.15, 0.2) is 5.82 Å². The average molecular weight is 331 g/mol. The first-order valence-corrected chi connectivity index (χ1v) is 8.14. The molecular formula is C17H25N5O2. The summed E-state index contributed by atoms with van der Waals surface area (Å²) in [5.74, 6) is 0.692. The van der Waals surface area contributed by atoms with Gasteiger partial charge in [-0.25, -0.2) is 14.5 Å². The lowest BCUT2D eigenvalue weighted by Gasteiger charge is -2.25. The summed E-state index contributed by atoms with van der Waals surface area (Å²) in [5, 5.41) is 19.9. The standard InChI is InChI=1S/C17H25N5O2/c1-5-17(24,6-2)11-19-16(23)20-14-7-8-15(18-10-14)22-13(4)9-12(3)21-22/h7-10,24H,5-6,11H2,1-4H3,(H2,19,20,23). The number of aryl methyl sites for hydroxylation is 2. The molecule has 7 heteroatoms. The Bertz CT molecular complexity index is 690. The Balaban J connectivity index is 1.96. The van der Waals surface area contributed by atoms with Crippen molar-refractivity contribution in [3.05, 3.63) is 35.8 Å². The molecule has 7 nitrogen and oxygen atoms in total. The van der Waals surface area contributed by atoms with E-state index in [-0.39, 0.29) is 12.6 Å². The largest absolute Gasteiger partial charge is 0.388 e. The molecule has 0 aliphatic heterocycles. The van der Waals surface area contributed by atoms with Crippen LogP contribution in [0.15, 0.2) is 24.4 Å². The smallest absolute Gasteiger partial charge is 0.319 e. The van der Waals surface area contributed by atoms with Crippen LogP contribution in [0.4, 0.5) is 10.5 Å². The summed E-state index contributed by atoms with van der Waals surface area (Å²) >= 11 is 0. The van der Waals surface area contributed by atoms with Crippen molar-refractivity contribution in [1.82, 2.24) is 20.1 Å². The van der Waals surface area contributed by atoms with Crippen molar-refractivity contribution >= 4 is 11.7 Å². The van der Waals surface area contributed by atoms with E-state index in [1.807, 2.05) is 33.8 Å². The number of nitrogens with one attached hydrogen (secondary N) is 2. The van der Waals surface area contributed by atoms with Crippen LogP contribution in [0, 0.1) is 13.8 Å². The molecule has 2 aromatic heterocycles. The first-order chi connectivity index (χ1) is 11.4. The number of aromatic nitrogens is 3. The van der Waals surface area contributed by atoms with Gasteiger partial charge in [0.05, 0.1) is 23.2 Å². The van der Waals surface area contributed by atoms with Gasteiger partial charge >= 0.3 is 6.03 Å². The Morgan fingerprint density at radius 1 is 1.29 bits per heavy atom. The number of amides is 2. The predicted octanol–water partition coefficient (Wildman–Crippen LogP) is 2.56. The minimum atomic E-state index is -0.866. The van der Waals surface area contributed by atoms with Crippen LogP contribution >= 0.6 is 0 Å². The molecule has 0 aromatic carbocycles. The van der Waals surface area contributed by atoms with Gasteiger partial charge < -0.3 is 15.7 Å². The third-order valence-electron chi connectivity index (χ3n) is 4.13. The molecular weight excluding hydrogens is 306 g/mol. The maximum atomic E-state index is 11.9. The van der Waals surface area contributed by atoms with Gasteiger partial charge in [0.25, 0.3) is 0 Å². The molecule has 0 radical (unpaired) electrons. The Morgan fingerprint density at radius 2 is 2.00 bits per heavy atom. The van der Waals surface area contributed by atoms with Crippen LogP contribution in [0.2, 0.25) is 0 Å². The zero-order valence-corrected chi connectivity index (χ0v) is 14.6. The van der Waals surface area contributed by atoms with E-state index >= 15 is 0 Å². The van der Waals surface area contributed by atoms with Crippen LogP contribution < -0.4 is 10.6 Å². The van der Waals surface area contributed by atoms with E-state index in [4.69, 9.17) is 0 Å². The summed E-state index contributed by atoms with van der Waals surface area (Å²) in [6.07, 6.45) is 2.75. The highest BCUT2D eigenvalue weighted by molar-refractivity contribution is 5.89. The van der Waals surface area contributed by atoms with Gasteiger partial charge in [-0.1, -0.05) is 13.8 Å². The number of hydrogen-bond donors (Lipinski definition) is 3. The lowest BCUT2D eigenvalue weighted by molar-refractivity contribution is 0.0354. The fourth-order valence-corrected chi connectivity index (χ4v) is 2.37. The second-order valence-electron chi connectivity index (χ2n) is 5.98. The Morgan fingerprint density at radius 3 is 2.50 bits per heavy atom. The van der Waals surface area contributed by atoms with Crippen molar-refractivity contribution in [3.8, 4) is 5.82 Å². The first kappa shape index (κ1) is 17.9. The number of anilines is 1. The van der Waals surface area contributed by atoms with Crippen LogP contribution in [0.5, 0.6) is 0 Å². The number of hydrogen-bond acceptors (Lipinski definition) is 4. The number of rotatable bonds is 6. The van der Waals surface area contributed by atoms with Crippen molar-refractivity contribution in [1.29, 1.82) is 0 Å². The van der Waals surface area contributed by atoms with Crippen molar-refractivity contribution in [2.24, 2.45) is 0 Å². The summed E-state index contributed by atoms with van der Waals surface area (Å²) < 4.78 is 1.75. The zero-order chi connectivity index (χ0) is 17.7. The van der Waals surface area contributed by atoms with E-state index in [0.717, 1.165) is 11.4 Å². The van der Waals surface area contributed by atoms with Crippen molar-refractivity contribution in [2.45, 2.75) is 46.1 Å². The minimum absolute atomic E-state index is 0.211. The van der Waals surface area contributed by atoms with E-state index in [1.165, 1.54) is 0 Å². The van der Waals surface area contributed by atoms with Gasteiger partial charge in [-0.15, -0.1) is 0 Å². The SMILES string of the molecule is CCC(O)(CC)CNC(=O)Nc1ccc(-n2nc(C)cc2C)nc1. The number of pyridine rings is 1. The minimum Gasteiger partial charge on any atom is -0.388 e. The Labute approximate surface area is 142 Å². The average Bonchev–Trinajstić information content (AvgIpc) is 2.92. The molecule has 2 rings (SSSR count). The molecule has 2 amide bonds. The Kier molecular flexibility index (Phi) is 5.56. The number of urea groups is 1. The number of carbonyl (C=O) groups excluding carboxylic acids is 1. The lowest BCUT2D eigenvalue weighted by Crippen LogP contribution is -2.43. The van der Waals surface area contributed by atoms with Crippen LogP contribution in [0.3, 0.4) is 0 Å². The second-order valence-corrected chi connectivity index (χ2v) is 5.98. The van der Waals surface area contributed by atoms with Crippen LogP contribution in [0.1, 0.15) is 38.1 Å². The fraction of sp³-hybridized carbons (Fsp3) is 0.471. The molecule has 0 fully saturated rings. The highest BCUT2D eigenvalue weighted by atomic mass is 16.3. The van der Waals surface area contributed by atoms with E-state index in [9.17, 15) is 9.90 Å². The highest BCUT2D eigenvalue weighted by Crippen LogP contribution is 2.14. The first-order valence-electron chi connectivity index (χ1n) is 8.14. The third-order valence-corrected chi connectivity index (χ3v) is 4.13. The van der Waals surface area contributed by atoms with Gasteiger partial charge in [0.2, 0.25) is 0 Å². The van der Waals surface area contributed by atoms with Crippen molar-refractivity contribution < 1.29 is 9.90 Å². The molecule has 3 N–H and O–H groups in total. The highest BCUT2D eigenvalue weighted by Gasteiger charge is 2.22. The molecule has 0 bridgehead atoms. The number of aliphatic hydroxyl groups is 1. The predicted molar refractivity (Wildman–Crippen MR) is 93.4 cm³/mol. The van der Waals surface area contributed by atoms with Crippen LogP contribution in [-0.2, 0) is 0 Å². The monoisotopic (exact) mass is 331 g/mol. The molecule has 2 heterocycles. The summed E-state index contributed by atoms with van der Waals surface area (Å²) in [4.78, 5) is 16.3. The summed E-state index contributed by atoms with van der Waals surface area (Å²) in [5.41, 5.74) is 1.64. The molecule has 0 aliphatic carbocycles. The van der Waals surface area contributed by atoms with Gasteiger partial charge in [0.1, 0.15) is 0 Å². The number of carbonyl (C=O) groups is 1. The molecule has 24 heavy (non-hydrogen) atoms. The topological polar surface area (TPSA) is 92.1 Å². The molecule has 2 aromatic rings. The van der Waals surface area contributed by atoms with E-state index in [0.29, 0.717) is 24.3 Å². The summed E-state index contributed by atoms with van der Waals surface area (Å²) in [6.45, 7) is 7.89. The van der Waals surface area contributed by atoms with E-state index in [1.54, 1.807) is 23.0 Å².